The lowest BCUT2D eigenvalue weighted by Gasteiger charge is -2.41. The molecule has 1 aliphatic heterocycles. The molecule has 2 unspecified atom stereocenters. The maximum atomic E-state index is 13.2. The van der Waals surface area contributed by atoms with Gasteiger partial charge in [-0.2, -0.15) is 0 Å². The summed E-state index contributed by atoms with van der Waals surface area (Å²) in [6, 6.07) is 6.64. The van der Waals surface area contributed by atoms with Gasteiger partial charge in [-0.25, -0.2) is 4.79 Å². The lowest BCUT2D eigenvalue weighted by molar-refractivity contribution is -0.144. The second-order valence-electron chi connectivity index (χ2n) is 8.69. The van der Waals surface area contributed by atoms with E-state index in [4.69, 9.17) is 0 Å². The Hall–Kier alpha value is -2.57. The van der Waals surface area contributed by atoms with E-state index in [0.717, 1.165) is 19.3 Å². The van der Waals surface area contributed by atoms with Crippen molar-refractivity contribution in [3.63, 3.8) is 0 Å². The van der Waals surface area contributed by atoms with Gasteiger partial charge in [-0.3, -0.25) is 9.59 Å². The van der Waals surface area contributed by atoms with Crippen LogP contribution < -0.4 is 10.6 Å². The summed E-state index contributed by atoms with van der Waals surface area (Å²) in [5.74, 6) is 0.00711. The van der Waals surface area contributed by atoms with Crippen LogP contribution in [0.3, 0.4) is 0 Å². The van der Waals surface area contributed by atoms with Gasteiger partial charge in [0, 0.05) is 37.8 Å². The van der Waals surface area contributed by atoms with Crippen LogP contribution in [0.5, 0.6) is 0 Å². The first kappa shape index (κ1) is 24.7. The van der Waals surface area contributed by atoms with Crippen LogP contribution in [-0.2, 0) is 16.0 Å². The molecule has 1 aromatic rings. The molecule has 0 radical (unpaired) electrons. The first-order valence-corrected chi connectivity index (χ1v) is 11.5. The smallest absolute Gasteiger partial charge is 0.319 e. The fraction of sp³-hybridized carbons (Fsp3) is 0.625. The molecule has 4 amide bonds. The van der Waals surface area contributed by atoms with Gasteiger partial charge < -0.3 is 20.4 Å². The van der Waals surface area contributed by atoms with Crippen molar-refractivity contribution in [2.75, 3.05) is 25.0 Å². The monoisotopic (exact) mass is 430 g/mol. The molecule has 172 valence electrons. The summed E-state index contributed by atoms with van der Waals surface area (Å²) >= 11 is 0. The highest BCUT2D eigenvalue weighted by atomic mass is 16.2. The van der Waals surface area contributed by atoms with Crippen molar-refractivity contribution in [2.45, 2.75) is 72.4 Å². The summed E-state index contributed by atoms with van der Waals surface area (Å²) in [7, 11) is 0. The molecular weight excluding hydrogens is 392 g/mol. The number of nitrogens with one attached hydrogen (secondary N) is 2. The molecule has 0 aromatic heterocycles. The van der Waals surface area contributed by atoms with Crippen molar-refractivity contribution in [3.8, 4) is 0 Å². The molecule has 1 aliphatic rings. The first-order valence-electron chi connectivity index (χ1n) is 11.5. The van der Waals surface area contributed by atoms with Crippen molar-refractivity contribution in [1.29, 1.82) is 0 Å². The van der Waals surface area contributed by atoms with Gasteiger partial charge in [0.1, 0.15) is 6.04 Å². The fourth-order valence-corrected chi connectivity index (χ4v) is 3.84. The highest BCUT2D eigenvalue weighted by molar-refractivity contribution is 5.94. The van der Waals surface area contributed by atoms with Crippen molar-refractivity contribution in [2.24, 2.45) is 5.92 Å². The number of piperazine rings is 1. The number of amides is 4. The molecule has 0 bridgehead atoms. The van der Waals surface area contributed by atoms with Gasteiger partial charge in [0.15, 0.2) is 0 Å². The summed E-state index contributed by atoms with van der Waals surface area (Å²) < 4.78 is 0. The summed E-state index contributed by atoms with van der Waals surface area (Å²) in [6.07, 6.45) is 3.38. The quantitative estimate of drug-likeness (QED) is 0.661. The Morgan fingerprint density at radius 2 is 1.77 bits per heavy atom. The van der Waals surface area contributed by atoms with E-state index in [9.17, 15) is 14.4 Å². The molecule has 1 aromatic carbocycles. The minimum atomic E-state index is -0.621. The first-order chi connectivity index (χ1) is 14.8. The second-order valence-corrected chi connectivity index (χ2v) is 8.69. The van der Waals surface area contributed by atoms with Gasteiger partial charge in [0.25, 0.3) is 0 Å². The predicted molar refractivity (Wildman–Crippen MR) is 124 cm³/mol. The van der Waals surface area contributed by atoms with Crippen LogP contribution in [-0.4, -0.2) is 59.4 Å². The maximum Gasteiger partial charge on any atom is 0.319 e. The van der Waals surface area contributed by atoms with Crippen LogP contribution in [0.15, 0.2) is 24.3 Å². The van der Waals surface area contributed by atoms with E-state index in [1.807, 2.05) is 49.9 Å². The third-order valence-electron chi connectivity index (χ3n) is 5.84. The molecule has 2 rings (SSSR count). The van der Waals surface area contributed by atoms with Crippen LogP contribution in [0.1, 0.15) is 59.4 Å². The van der Waals surface area contributed by atoms with E-state index in [0.29, 0.717) is 31.7 Å². The number of carbonyl (C=O) groups is 3. The van der Waals surface area contributed by atoms with Gasteiger partial charge in [-0.05, 0) is 43.4 Å². The van der Waals surface area contributed by atoms with Gasteiger partial charge >= 0.3 is 6.03 Å². The number of urea groups is 1. The topological polar surface area (TPSA) is 81.8 Å². The molecular formula is C24H38N4O3. The third-order valence-corrected chi connectivity index (χ3v) is 5.84. The van der Waals surface area contributed by atoms with E-state index in [1.54, 1.807) is 4.90 Å². The highest BCUT2D eigenvalue weighted by Gasteiger charge is 2.34. The van der Waals surface area contributed by atoms with Crippen molar-refractivity contribution in [3.05, 3.63) is 29.8 Å². The van der Waals surface area contributed by atoms with Crippen LogP contribution in [0, 0.1) is 5.92 Å². The number of rotatable bonds is 8. The SMILES string of the molecule is CCCCC(=O)N1CCN(C(=O)C(NC(=O)Nc2ccc(CC)cc2)C(C)C)CC1C. The number of benzene rings is 1. The number of unbranched alkanes of at least 4 members (excludes halogenated alkanes) is 1. The summed E-state index contributed by atoms with van der Waals surface area (Å²) in [6.45, 7) is 11.5. The molecule has 7 heteroatoms. The largest absolute Gasteiger partial charge is 0.337 e. The van der Waals surface area contributed by atoms with E-state index >= 15 is 0 Å². The molecule has 2 N–H and O–H groups in total. The summed E-state index contributed by atoms with van der Waals surface area (Å²) in [5, 5.41) is 5.66. The molecule has 0 aliphatic carbocycles. The number of nitrogens with zero attached hydrogens (tertiary/aromatic N) is 2. The standard InChI is InChI=1S/C24H38N4O3/c1-6-8-9-21(29)28-15-14-27(16-18(28)5)23(30)22(17(3)4)26-24(31)25-20-12-10-19(7-2)11-13-20/h10-13,17-18,22H,6-9,14-16H2,1-5H3,(H2,25,26,31). The van der Waals surface area contributed by atoms with Crippen molar-refractivity contribution < 1.29 is 14.4 Å². The zero-order valence-electron chi connectivity index (χ0n) is 19.6. The number of hydrogen-bond donors (Lipinski definition) is 2. The zero-order chi connectivity index (χ0) is 23.0. The molecule has 1 fully saturated rings. The second kappa shape index (κ2) is 11.7. The predicted octanol–water partition coefficient (Wildman–Crippen LogP) is 3.64. The van der Waals surface area contributed by atoms with E-state index in [1.165, 1.54) is 5.56 Å². The number of hydrogen-bond acceptors (Lipinski definition) is 3. The molecule has 1 saturated heterocycles. The zero-order valence-corrected chi connectivity index (χ0v) is 19.6. The normalized spacial score (nSPS) is 17.4. The van der Waals surface area contributed by atoms with E-state index < -0.39 is 12.1 Å². The van der Waals surface area contributed by atoms with Crippen molar-refractivity contribution >= 4 is 23.5 Å². The third kappa shape index (κ3) is 6.97. The summed E-state index contributed by atoms with van der Waals surface area (Å²) in [4.78, 5) is 41.8. The van der Waals surface area contributed by atoms with Crippen LogP contribution >= 0.6 is 0 Å². The molecule has 1 heterocycles. The fourth-order valence-electron chi connectivity index (χ4n) is 3.84. The Balaban J connectivity index is 1.95. The van der Waals surface area contributed by atoms with Crippen molar-refractivity contribution in [1.82, 2.24) is 15.1 Å². The van der Waals surface area contributed by atoms with Gasteiger partial charge in [0.2, 0.25) is 11.8 Å². The Morgan fingerprint density at radius 1 is 1.10 bits per heavy atom. The average molecular weight is 431 g/mol. The Bertz CT molecular complexity index is 748. The number of aryl methyl sites for hydroxylation is 1. The Kier molecular flexibility index (Phi) is 9.34. The highest BCUT2D eigenvalue weighted by Crippen LogP contribution is 2.16. The molecule has 0 saturated carbocycles. The van der Waals surface area contributed by atoms with E-state index in [-0.39, 0.29) is 23.8 Å². The molecule has 7 nitrogen and oxygen atoms in total. The molecule has 0 spiro atoms. The van der Waals surface area contributed by atoms with E-state index in [2.05, 4.69) is 24.5 Å². The lowest BCUT2D eigenvalue weighted by Crippen LogP contribution is -2.60. The lowest BCUT2D eigenvalue weighted by atomic mass is 10.0. The van der Waals surface area contributed by atoms with Gasteiger partial charge in [-0.1, -0.05) is 46.2 Å². The Labute approximate surface area is 186 Å². The summed E-state index contributed by atoms with van der Waals surface area (Å²) in [5.41, 5.74) is 1.89. The Morgan fingerprint density at radius 3 is 2.32 bits per heavy atom. The maximum absolute atomic E-state index is 13.2. The van der Waals surface area contributed by atoms with Gasteiger partial charge in [0.05, 0.1) is 0 Å². The van der Waals surface area contributed by atoms with Gasteiger partial charge in [-0.15, -0.1) is 0 Å². The van der Waals surface area contributed by atoms with Crippen LogP contribution in [0.2, 0.25) is 0 Å². The van der Waals surface area contributed by atoms with Crippen LogP contribution in [0.25, 0.3) is 0 Å². The minimum absolute atomic E-state index is 0.0271. The van der Waals surface area contributed by atoms with Crippen LogP contribution in [0.4, 0.5) is 10.5 Å². The number of carbonyl (C=O) groups excluding carboxylic acids is 3. The minimum Gasteiger partial charge on any atom is -0.337 e. The molecule has 2 atom stereocenters. The average Bonchev–Trinajstić information content (AvgIpc) is 2.75. The number of anilines is 1. The molecule has 31 heavy (non-hydrogen) atoms.